The van der Waals surface area contributed by atoms with Crippen molar-refractivity contribution in [2.24, 2.45) is 5.73 Å². The molecule has 0 spiro atoms. The Morgan fingerprint density at radius 2 is 2.54 bits per heavy atom. The SMILES string of the molecule is C=CC1=CCCC(N)(C(=O)OC)C1. The van der Waals surface area contributed by atoms with Crippen molar-refractivity contribution in [3.05, 3.63) is 24.3 Å². The number of nitrogens with two attached hydrogens (primary N) is 1. The molecule has 0 aromatic rings. The first-order valence-electron chi connectivity index (χ1n) is 4.31. The van der Waals surface area contributed by atoms with Gasteiger partial charge in [0.2, 0.25) is 0 Å². The van der Waals surface area contributed by atoms with Crippen molar-refractivity contribution in [2.75, 3.05) is 7.11 Å². The first kappa shape index (κ1) is 9.99. The van der Waals surface area contributed by atoms with Crippen molar-refractivity contribution in [2.45, 2.75) is 24.8 Å². The molecule has 0 amide bonds. The predicted octanol–water partition coefficient (Wildman–Crippen LogP) is 1.15. The summed E-state index contributed by atoms with van der Waals surface area (Å²) in [5, 5.41) is 0. The van der Waals surface area contributed by atoms with E-state index in [0.717, 1.165) is 12.0 Å². The zero-order chi connectivity index (χ0) is 9.90. The Morgan fingerprint density at radius 3 is 3.08 bits per heavy atom. The van der Waals surface area contributed by atoms with Crippen LogP contribution in [-0.4, -0.2) is 18.6 Å². The zero-order valence-corrected chi connectivity index (χ0v) is 7.88. The topological polar surface area (TPSA) is 52.3 Å². The van der Waals surface area contributed by atoms with Crippen LogP contribution in [0.4, 0.5) is 0 Å². The normalized spacial score (nSPS) is 27.7. The maximum atomic E-state index is 11.3. The van der Waals surface area contributed by atoms with Crippen molar-refractivity contribution < 1.29 is 9.53 Å². The van der Waals surface area contributed by atoms with E-state index in [0.29, 0.717) is 12.8 Å². The van der Waals surface area contributed by atoms with Gasteiger partial charge in [-0.05, 0) is 12.8 Å². The second kappa shape index (κ2) is 3.75. The van der Waals surface area contributed by atoms with E-state index in [1.54, 1.807) is 6.08 Å². The van der Waals surface area contributed by atoms with Crippen LogP contribution >= 0.6 is 0 Å². The summed E-state index contributed by atoms with van der Waals surface area (Å²) in [7, 11) is 1.36. The van der Waals surface area contributed by atoms with Crippen LogP contribution in [0.2, 0.25) is 0 Å². The van der Waals surface area contributed by atoms with E-state index in [9.17, 15) is 4.79 Å². The number of hydrogen-bond donors (Lipinski definition) is 1. The fourth-order valence-electron chi connectivity index (χ4n) is 1.57. The second-order valence-electron chi connectivity index (χ2n) is 3.35. The number of methoxy groups -OCH3 is 1. The summed E-state index contributed by atoms with van der Waals surface area (Å²) in [5.74, 6) is -0.333. The Kier molecular flexibility index (Phi) is 2.88. The van der Waals surface area contributed by atoms with Crippen LogP contribution in [0.3, 0.4) is 0 Å². The minimum atomic E-state index is -0.840. The van der Waals surface area contributed by atoms with Gasteiger partial charge in [-0.1, -0.05) is 24.3 Å². The van der Waals surface area contributed by atoms with Gasteiger partial charge in [0.1, 0.15) is 5.54 Å². The molecule has 0 bridgehead atoms. The van der Waals surface area contributed by atoms with Crippen LogP contribution in [0.25, 0.3) is 0 Å². The highest BCUT2D eigenvalue weighted by atomic mass is 16.5. The van der Waals surface area contributed by atoms with Gasteiger partial charge < -0.3 is 10.5 Å². The zero-order valence-electron chi connectivity index (χ0n) is 7.88. The lowest BCUT2D eigenvalue weighted by molar-refractivity contribution is -0.147. The molecule has 3 nitrogen and oxygen atoms in total. The van der Waals surface area contributed by atoms with Gasteiger partial charge in [0.25, 0.3) is 0 Å². The highest BCUT2D eigenvalue weighted by Gasteiger charge is 2.36. The molecule has 0 fully saturated rings. The minimum Gasteiger partial charge on any atom is -0.468 e. The second-order valence-corrected chi connectivity index (χ2v) is 3.35. The third-order valence-electron chi connectivity index (χ3n) is 2.37. The number of hydrogen-bond acceptors (Lipinski definition) is 3. The molecule has 1 atom stereocenters. The molecular weight excluding hydrogens is 166 g/mol. The van der Waals surface area contributed by atoms with Crippen molar-refractivity contribution in [1.82, 2.24) is 0 Å². The van der Waals surface area contributed by atoms with E-state index in [1.165, 1.54) is 7.11 Å². The summed E-state index contributed by atoms with van der Waals surface area (Å²) >= 11 is 0. The highest BCUT2D eigenvalue weighted by Crippen LogP contribution is 2.27. The Bertz CT molecular complexity index is 258. The van der Waals surface area contributed by atoms with Gasteiger partial charge in [-0.15, -0.1) is 0 Å². The summed E-state index contributed by atoms with van der Waals surface area (Å²) in [6.07, 6.45) is 5.79. The van der Waals surface area contributed by atoms with Crippen molar-refractivity contribution in [1.29, 1.82) is 0 Å². The van der Waals surface area contributed by atoms with Gasteiger partial charge in [0.15, 0.2) is 0 Å². The van der Waals surface area contributed by atoms with E-state index >= 15 is 0 Å². The third kappa shape index (κ3) is 1.98. The lowest BCUT2D eigenvalue weighted by Gasteiger charge is -2.29. The maximum absolute atomic E-state index is 11.3. The number of esters is 1. The first-order chi connectivity index (χ1) is 6.12. The molecule has 13 heavy (non-hydrogen) atoms. The Hall–Kier alpha value is -1.09. The highest BCUT2D eigenvalue weighted by molar-refractivity contribution is 5.81. The lowest BCUT2D eigenvalue weighted by Crippen LogP contribution is -2.49. The number of allylic oxidation sites excluding steroid dienone is 2. The summed E-state index contributed by atoms with van der Waals surface area (Å²) < 4.78 is 4.66. The molecule has 1 aliphatic carbocycles. The molecular formula is C10H15NO2. The molecule has 0 saturated carbocycles. The van der Waals surface area contributed by atoms with E-state index in [2.05, 4.69) is 17.4 Å². The minimum absolute atomic E-state index is 0.333. The Balaban J connectivity index is 2.78. The van der Waals surface area contributed by atoms with Gasteiger partial charge >= 0.3 is 5.97 Å². The van der Waals surface area contributed by atoms with Crippen LogP contribution in [0.15, 0.2) is 24.3 Å². The molecule has 0 aromatic heterocycles. The van der Waals surface area contributed by atoms with Crippen molar-refractivity contribution in [3.63, 3.8) is 0 Å². The average molecular weight is 181 g/mol. The largest absolute Gasteiger partial charge is 0.468 e. The molecule has 0 radical (unpaired) electrons. The van der Waals surface area contributed by atoms with Gasteiger partial charge in [0.05, 0.1) is 7.11 Å². The van der Waals surface area contributed by atoms with Crippen molar-refractivity contribution >= 4 is 5.97 Å². The number of rotatable bonds is 2. The summed E-state index contributed by atoms with van der Waals surface area (Å²) in [6.45, 7) is 3.66. The summed E-state index contributed by atoms with van der Waals surface area (Å²) in [5.41, 5.74) is 6.10. The molecule has 0 aliphatic heterocycles. The third-order valence-corrected chi connectivity index (χ3v) is 2.37. The van der Waals surface area contributed by atoms with Crippen LogP contribution < -0.4 is 5.73 Å². The summed E-state index contributed by atoms with van der Waals surface area (Å²) in [6, 6.07) is 0. The summed E-state index contributed by atoms with van der Waals surface area (Å²) in [4.78, 5) is 11.3. The number of carbonyl (C=O) groups is 1. The predicted molar refractivity (Wildman–Crippen MR) is 51.1 cm³/mol. The van der Waals surface area contributed by atoms with Gasteiger partial charge in [0, 0.05) is 6.42 Å². The lowest BCUT2D eigenvalue weighted by atomic mass is 9.82. The fourth-order valence-corrected chi connectivity index (χ4v) is 1.57. The fraction of sp³-hybridized carbons (Fsp3) is 0.500. The Labute approximate surface area is 78.3 Å². The van der Waals surface area contributed by atoms with E-state index in [-0.39, 0.29) is 5.97 Å². The molecule has 0 aromatic carbocycles. The standard InChI is InChI=1S/C10H15NO2/c1-3-8-5-4-6-10(11,7-8)9(12)13-2/h3,5H,1,4,6-7,11H2,2H3. The van der Waals surface area contributed by atoms with Gasteiger partial charge in [-0.2, -0.15) is 0 Å². The smallest absolute Gasteiger partial charge is 0.326 e. The molecule has 2 N–H and O–H groups in total. The number of carbonyl (C=O) groups excluding carboxylic acids is 1. The molecule has 3 heteroatoms. The first-order valence-corrected chi connectivity index (χ1v) is 4.31. The van der Waals surface area contributed by atoms with Crippen molar-refractivity contribution in [3.8, 4) is 0 Å². The van der Waals surface area contributed by atoms with Gasteiger partial charge in [-0.3, -0.25) is 4.79 Å². The van der Waals surface area contributed by atoms with Crippen LogP contribution in [-0.2, 0) is 9.53 Å². The van der Waals surface area contributed by atoms with E-state index in [1.807, 2.05) is 0 Å². The molecule has 1 rings (SSSR count). The molecule has 1 unspecified atom stereocenters. The van der Waals surface area contributed by atoms with Gasteiger partial charge in [-0.25, -0.2) is 0 Å². The molecule has 0 heterocycles. The van der Waals surface area contributed by atoms with E-state index in [4.69, 9.17) is 5.73 Å². The molecule has 1 aliphatic rings. The van der Waals surface area contributed by atoms with Crippen LogP contribution in [0.1, 0.15) is 19.3 Å². The Morgan fingerprint density at radius 1 is 1.85 bits per heavy atom. The quantitative estimate of drug-likeness (QED) is 0.650. The average Bonchev–Trinajstić information content (AvgIpc) is 2.16. The van der Waals surface area contributed by atoms with Crippen LogP contribution in [0, 0.1) is 0 Å². The monoisotopic (exact) mass is 181 g/mol. The van der Waals surface area contributed by atoms with E-state index < -0.39 is 5.54 Å². The van der Waals surface area contributed by atoms with Crippen LogP contribution in [0.5, 0.6) is 0 Å². The number of ether oxygens (including phenoxy) is 1. The maximum Gasteiger partial charge on any atom is 0.326 e. The molecule has 0 saturated heterocycles. The molecule has 72 valence electrons.